The fraction of sp³-hybridized carbons (Fsp3) is 0.500. The molecule has 126 valence electrons. The lowest BCUT2D eigenvalue weighted by Gasteiger charge is -2.58. The van der Waals surface area contributed by atoms with Gasteiger partial charge in [-0.1, -0.05) is 11.6 Å². The summed E-state index contributed by atoms with van der Waals surface area (Å²) < 4.78 is 5.43. The summed E-state index contributed by atoms with van der Waals surface area (Å²) in [4.78, 5) is 6.32. The van der Waals surface area contributed by atoms with Crippen molar-refractivity contribution in [1.82, 2.24) is 9.88 Å². The van der Waals surface area contributed by atoms with Crippen molar-refractivity contribution in [1.29, 1.82) is 0 Å². The van der Waals surface area contributed by atoms with Crippen LogP contribution in [0.5, 0.6) is 5.75 Å². The minimum atomic E-state index is 0.289. The molecule has 6 rings (SSSR count). The van der Waals surface area contributed by atoms with Crippen molar-refractivity contribution in [2.75, 3.05) is 20.3 Å². The monoisotopic (exact) mass is 324 g/mol. The second-order valence-corrected chi connectivity index (χ2v) is 7.44. The molecule has 4 heteroatoms. The molecule has 24 heavy (non-hydrogen) atoms. The SMILES string of the molecule is C/C=C1/CN2[C@H]3C[C@H]1[C@H](CO)[C@@H]2Cc1c3[nH]c2ccc(OC)cc12. The van der Waals surface area contributed by atoms with E-state index in [0.717, 1.165) is 25.1 Å². The number of methoxy groups -OCH3 is 1. The molecule has 5 atom stereocenters. The van der Waals surface area contributed by atoms with Crippen LogP contribution in [0.15, 0.2) is 29.8 Å². The predicted octanol–water partition coefficient (Wildman–Crippen LogP) is 3.03. The molecule has 1 aromatic carbocycles. The Kier molecular flexibility index (Phi) is 3.10. The summed E-state index contributed by atoms with van der Waals surface area (Å²) in [6.07, 6.45) is 4.42. The number of aliphatic hydroxyl groups is 1. The Bertz CT molecular complexity index is 838. The average Bonchev–Trinajstić information content (AvgIpc) is 2.99. The van der Waals surface area contributed by atoms with Crippen LogP contribution in [0, 0.1) is 11.8 Å². The molecule has 3 saturated heterocycles. The summed E-state index contributed by atoms with van der Waals surface area (Å²) in [5, 5.41) is 11.3. The van der Waals surface area contributed by atoms with Crippen molar-refractivity contribution in [3.8, 4) is 5.75 Å². The van der Waals surface area contributed by atoms with Gasteiger partial charge in [0.15, 0.2) is 0 Å². The number of rotatable bonds is 2. The third kappa shape index (κ3) is 1.76. The number of nitrogens with one attached hydrogen (secondary N) is 1. The van der Waals surface area contributed by atoms with E-state index in [4.69, 9.17) is 4.74 Å². The Morgan fingerprint density at radius 2 is 2.29 bits per heavy atom. The van der Waals surface area contributed by atoms with Crippen molar-refractivity contribution >= 4 is 10.9 Å². The predicted molar refractivity (Wildman–Crippen MR) is 94.2 cm³/mol. The maximum absolute atomic E-state index is 10.1. The van der Waals surface area contributed by atoms with Gasteiger partial charge in [-0.15, -0.1) is 0 Å². The van der Waals surface area contributed by atoms with Gasteiger partial charge in [-0.25, -0.2) is 0 Å². The first-order valence-corrected chi connectivity index (χ1v) is 8.95. The zero-order chi connectivity index (χ0) is 16.4. The Labute approximate surface area is 142 Å². The van der Waals surface area contributed by atoms with Gasteiger partial charge >= 0.3 is 0 Å². The van der Waals surface area contributed by atoms with Gasteiger partial charge in [-0.05, 0) is 49.4 Å². The normalized spacial score (nSPS) is 35.5. The van der Waals surface area contributed by atoms with Gasteiger partial charge in [0.2, 0.25) is 0 Å². The molecule has 0 amide bonds. The highest BCUT2D eigenvalue weighted by molar-refractivity contribution is 5.86. The quantitative estimate of drug-likeness (QED) is 0.835. The molecule has 4 aliphatic rings. The van der Waals surface area contributed by atoms with E-state index in [1.54, 1.807) is 7.11 Å². The van der Waals surface area contributed by atoms with E-state index in [1.807, 2.05) is 6.07 Å². The smallest absolute Gasteiger partial charge is 0.119 e. The number of ether oxygens (including phenoxy) is 1. The lowest BCUT2D eigenvalue weighted by atomic mass is 9.64. The Hall–Kier alpha value is -1.78. The number of hydrogen-bond donors (Lipinski definition) is 2. The van der Waals surface area contributed by atoms with Gasteiger partial charge in [0, 0.05) is 41.7 Å². The Morgan fingerprint density at radius 1 is 1.42 bits per heavy atom. The Balaban J connectivity index is 1.66. The molecule has 0 spiro atoms. The van der Waals surface area contributed by atoms with Crippen molar-refractivity contribution in [3.63, 3.8) is 0 Å². The lowest BCUT2D eigenvalue weighted by Crippen LogP contribution is -2.60. The molecule has 1 unspecified atom stereocenters. The first kappa shape index (κ1) is 14.6. The molecule has 2 N–H and O–H groups in total. The molecule has 4 aliphatic heterocycles. The topological polar surface area (TPSA) is 48.5 Å². The minimum Gasteiger partial charge on any atom is -0.497 e. The number of aromatic amines is 1. The highest BCUT2D eigenvalue weighted by Crippen LogP contribution is 2.54. The van der Waals surface area contributed by atoms with Crippen LogP contribution in [0.2, 0.25) is 0 Å². The summed E-state index contributed by atoms with van der Waals surface area (Å²) >= 11 is 0. The molecule has 1 aromatic heterocycles. The van der Waals surface area contributed by atoms with E-state index < -0.39 is 0 Å². The Morgan fingerprint density at radius 3 is 3.04 bits per heavy atom. The molecule has 4 nitrogen and oxygen atoms in total. The van der Waals surface area contributed by atoms with Crippen molar-refractivity contribution in [3.05, 3.63) is 41.1 Å². The van der Waals surface area contributed by atoms with Gasteiger partial charge in [0.1, 0.15) is 5.75 Å². The second kappa shape index (κ2) is 5.11. The van der Waals surface area contributed by atoms with Gasteiger partial charge in [-0.3, -0.25) is 4.90 Å². The third-order valence-electron chi connectivity index (χ3n) is 6.63. The van der Waals surface area contributed by atoms with Crippen LogP contribution >= 0.6 is 0 Å². The van der Waals surface area contributed by atoms with Gasteiger partial charge in [-0.2, -0.15) is 0 Å². The number of aromatic nitrogens is 1. The van der Waals surface area contributed by atoms with E-state index in [1.165, 1.54) is 27.7 Å². The fourth-order valence-electron chi connectivity index (χ4n) is 5.47. The van der Waals surface area contributed by atoms with Gasteiger partial charge in [0.25, 0.3) is 0 Å². The third-order valence-corrected chi connectivity index (χ3v) is 6.63. The van der Waals surface area contributed by atoms with Crippen LogP contribution in [-0.4, -0.2) is 41.3 Å². The van der Waals surface area contributed by atoms with Crippen LogP contribution in [-0.2, 0) is 6.42 Å². The molecule has 3 fully saturated rings. The highest BCUT2D eigenvalue weighted by atomic mass is 16.5. The maximum Gasteiger partial charge on any atom is 0.119 e. The summed E-state index contributed by atoms with van der Waals surface area (Å²) in [5.74, 6) is 1.82. The van der Waals surface area contributed by atoms with E-state index in [0.29, 0.717) is 23.9 Å². The molecule has 5 heterocycles. The standard InChI is InChI=1S/C20H24N2O2/c1-3-11-9-22-18-8-15-14-6-12(24-2)4-5-17(14)21-20(15)19(22)7-13(11)16(18)10-23/h3-6,13,16,18-19,21,23H,7-10H2,1-2H3/b11-3-/t13-,16+,18+,19+/m1/s1. The number of aliphatic hydroxyl groups excluding tert-OH is 1. The van der Waals surface area contributed by atoms with Gasteiger partial charge < -0.3 is 14.8 Å². The molecule has 0 saturated carbocycles. The van der Waals surface area contributed by atoms with E-state index in [9.17, 15) is 5.11 Å². The molecule has 4 bridgehead atoms. The summed E-state index contributed by atoms with van der Waals surface area (Å²) in [7, 11) is 1.72. The van der Waals surface area contributed by atoms with Crippen LogP contribution in [0.4, 0.5) is 0 Å². The number of piperidine rings is 3. The number of nitrogens with zero attached hydrogens (tertiary/aromatic N) is 1. The number of hydrogen-bond acceptors (Lipinski definition) is 3. The second-order valence-electron chi connectivity index (χ2n) is 7.44. The van der Waals surface area contributed by atoms with Crippen molar-refractivity contribution in [2.24, 2.45) is 11.8 Å². The minimum absolute atomic E-state index is 0.289. The van der Waals surface area contributed by atoms with E-state index in [2.05, 4.69) is 35.0 Å². The highest BCUT2D eigenvalue weighted by Gasteiger charge is 2.52. The molecule has 0 radical (unpaired) electrons. The zero-order valence-corrected chi connectivity index (χ0v) is 14.2. The molecule has 0 aliphatic carbocycles. The van der Waals surface area contributed by atoms with Gasteiger partial charge in [0.05, 0.1) is 13.2 Å². The van der Waals surface area contributed by atoms with Crippen molar-refractivity contribution in [2.45, 2.75) is 31.8 Å². The van der Waals surface area contributed by atoms with Crippen LogP contribution in [0.3, 0.4) is 0 Å². The largest absolute Gasteiger partial charge is 0.497 e. The summed E-state index contributed by atoms with van der Waals surface area (Å²) in [6.45, 7) is 3.49. The number of allylic oxidation sites excluding steroid dienone is 1. The van der Waals surface area contributed by atoms with Crippen LogP contribution in [0.25, 0.3) is 10.9 Å². The van der Waals surface area contributed by atoms with E-state index in [-0.39, 0.29) is 6.61 Å². The summed E-state index contributed by atoms with van der Waals surface area (Å²) in [5.41, 5.74) is 5.56. The van der Waals surface area contributed by atoms with Crippen LogP contribution < -0.4 is 4.74 Å². The lowest BCUT2D eigenvalue weighted by molar-refractivity contribution is -0.0503. The number of fused-ring (bicyclic) bond motifs is 4. The molecular weight excluding hydrogens is 300 g/mol. The fourth-order valence-corrected chi connectivity index (χ4v) is 5.47. The summed E-state index contributed by atoms with van der Waals surface area (Å²) in [6, 6.07) is 7.24. The zero-order valence-electron chi connectivity index (χ0n) is 14.2. The average molecular weight is 324 g/mol. The number of H-pyrrole nitrogens is 1. The first-order chi connectivity index (χ1) is 11.7. The van der Waals surface area contributed by atoms with Crippen LogP contribution in [0.1, 0.15) is 30.6 Å². The van der Waals surface area contributed by atoms with Crippen molar-refractivity contribution < 1.29 is 9.84 Å². The van der Waals surface area contributed by atoms with E-state index >= 15 is 0 Å². The molecular formula is C20H24N2O2. The first-order valence-electron chi connectivity index (χ1n) is 8.95. The molecule has 2 aromatic rings. The number of benzene rings is 1. The maximum atomic E-state index is 10.1.